The van der Waals surface area contributed by atoms with E-state index in [-0.39, 0.29) is 31.0 Å². The summed E-state index contributed by atoms with van der Waals surface area (Å²) in [4.78, 5) is 0. The molecule has 14 heavy (non-hydrogen) atoms. The summed E-state index contributed by atoms with van der Waals surface area (Å²) in [5.41, 5.74) is 0. The second kappa shape index (κ2) is 4.12. The molecular formula is C9H18N2O3. The van der Waals surface area contributed by atoms with Gasteiger partial charge in [0.05, 0.1) is 12.2 Å². The van der Waals surface area contributed by atoms with Crippen molar-refractivity contribution < 1.29 is 14.9 Å². The minimum Gasteiger partial charge on any atom is -0.396 e. The molecule has 2 aliphatic rings. The van der Waals surface area contributed by atoms with Crippen LogP contribution in [0.3, 0.4) is 0 Å². The summed E-state index contributed by atoms with van der Waals surface area (Å²) in [5, 5.41) is 25.0. The lowest BCUT2D eigenvalue weighted by Gasteiger charge is -2.33. The molecule has 5 heteroatoms. The molecule has 1 saturated carbocycles. The third kappa shape index (κ3) is 1.78. The molecule has 0 aromatic rings. The molecule has 2 rings (SSSR count). The Balaban J connectivity index is 1.96. The van der Waals surface area contributed by atoms with Crippen LogP contribution < -0.4 is 10.6 Å². The van der Waals surface area contributed by atoms with Crippen LogP contribution in [-0.2, 0) is 4.74 Å². The molecule has 0 radical (unpaired) electrons. The van der Waals surface area contributed by atoms with E-state index in [1.165, 1.54) is 0 Å². The molecule has 1 heterocycles. The van der Waals surface area contributed by atoms with Crippen LogP contribution in [0.4, 0.5) is 0 Å². The smallest absolute Gasteiger partial charge is 0.163 e. The van der Waals surface area contributed by atoms with Crippen LogP contribution in [0, 0.1) is 5.92 Å². The maximum atomic E-state index is 9.70. The first kappa shape index (κ1) is 10.3. The van der Waals surface area contributed by atoms with E-state index in [1.807, 2.05) is 7.05 Å². The highest BCUT2D eigenvalue weighted by atomic mass is 16.5. The topological polar surface area (TPSA) is 73.8 Å². The highest BCUT2D eigenvalue weighted by molar-refractivity contribution is 4.94. The fraction of sp³-hybridized carbons (Fsp3) is 1.00. The average molecular weight is 202 g/mol. The van der Waals surface area contributed by atoms with Gasteiger partial charge in [0.15, 0.2) is 6.35 Å². The van der Waals surface area contributed by atoms with Crippen molar-refractivity contribution in [1.82, 2.24) is 10.6 Å². The third-order valence-corrected chi connectivity index (χ3v) is 3.20. The van der Waals surface area contributed by atoms with E-state index in [0.717, 1.165) is 6.42 Å². The molecule has 0 bridgehead atoms. The largest absolute Gasteiger partial charge is 0.396 e. The van der Waals surface area contributed by atoms with Crippen molar-refractivity contribution in [2.45, 2.75) is 37.4 Å². The van der Waals surface area contributed by atoms with E-state index in [2.05, 4.69) is 10.6 Å². The van der Waals surface area contributed by atoms with E-state index < -0.39 is 6.10 Å². The Labute approximate surface area is 83.4 Å². The maximum absolute atomic E-state index is 9.70. The second-order valence-corrected chi connectivity index (χ2v) is 4.10. The number of nitrogens with one attached hydrogen (secondary N) is 2. The Morgan fingerprint density at radius 3 is 2.93 bits per heavy atom. The fourth-order valence-electron chi connectivity index (χ4n) is 2.31. The predicted octanol–water partition coefficient (Wildman–Crippen LogP) is -1.39. The van der Waals surface area contributed by atoms with Crippen molar-refractivity contribution in [3.63, 3.8) is 0 Å². The highest BCUT2D eigenvalue weighted by Gasteiger charge is 2.42. The van der Waals surface area contributed by atoms with Crippen molar-refractivity contribution in [1.29, 1.82) is 0 Å². The Morgan fingerprint density at radius 2 is 2.29 bits per heavy atom. The van der Waals surface area contributed by atoms with Crippen LogP contribution in [0.15, 0.2) is 0 Å². The van der Waals surface area contributed by atoms with Gasteiger partial charge in [-0.25, -0.2) is 0 Å². The van der Waals surface area contributed by atoms with Crippen LogP contribution in [0.25, 0.3) is 0 Å². The maximum Gasteiger partial charge on any atom is 0.163 e. The first-order valence-corrected chi connectivity index (χ1v) is 5.12. The lowest BCUT2D eigenvalue weighted by atomic mass is 9.82. The number of ether oxygens (including phenoxy) is 1. The lowest BCUT2D eigenvalue weighted by Crippen LogP contribution is -2.46. The van der Waals surface area contributed by atoms with Gasteiger partial charge in [-0.15, -0.1) is 0 Å². The van der Waals surface area contributed by atoms with Gasteiger partial charge in [0, 0.05) is 18.6 Å². The molecule has 1 aliphatic carbocycles. The Morgan fingerprint density at radius 1 is 1.50 bits per heavy atom. The summed E-state index contributed by atoms with van der Waals surface area (Å²) in [6.07, 6.45) is 0.984. The molecule has 82 valence electrons. The summed E-state index contributed by atoms with van der Waals surface area (Å²) in [6, 6.07) is 0.213. The monoisotopic (exact) mass is 202 g/mol. The van der Waals surface area contributed by atoms with Gasteiger partial charge >= 0.3 is 0 Å². The van der Waals surface area contributed by atoms with Crippen LogP contribution in [0.2, 0.25) is 0 Å². The van der Waals surface area contributed by atoms with E-state index in [9.17, 15) is 5.11 Å². The van der Waals surface area contributed by atoms with Crippen molar-refractivity contribution in [2.24, 2.45) is 5.92 Å². The van der Waals surface area contributed by atoms with Gasteiger partial charge in [0.25, 0.3) is 0 Å². The molecule has 5 atom stereocenters. The standard InChI is InChI=1S/C9H18N2O3/c1-10-9-11-6-3-7(13)5(4-12)2-8(6)14-9/h5-13H,2-4H2,1H3/t5-,6-,7-,8+,9?/m1/s1. The summed E-state index contributed by atoms with van der Waals surface area (Å²) in [6.45, 7) is 0.0396. The van der Waals surface area contributed by atoms with Gasteiger partial charge in [-0.1, -0.05) is 0 Å². The zero-order valence-corrected chi connectivity index (χ0v) is 8.31. The zero-order chi connectivity index (χ0) is 10.1. The van der Waals surface area contributed by atoms with Crippen molar-refractivity contribution in [2.75, 3.05) is 13.7 Å². The quantitative estimate of drug-likeness (QED) is 0.444. The molecule has 0 amide bonds. The van der Waals surface area contributed by atoms with E-state index in [4.69, 9.17) is 9.84 Å². The third-order valence-electron chi connectivity index (χ3n) is 3.20. The molecule has 0 aromatic carbocycles. The van der Waals surface area contributed by atoms with Crippen LogP contribution in [0.1, 0.15) is 12.8 Å². The normalized spacial score (nSPS) is 47.8. The highest BCUT2D eigenvalue weighted by Crippen LogP contribution is 2.30. The SMILES string of the molecule is CNC1N[C@@H]2C[C@@H](O)[C@@H](CO)C[C@@H]2O1. The number of hydrogen-bond acceptors (Lipinski definition) is 5. The van der Waals surface area contributed by atoms with Gasteiger partial charge in [0.1, 0.15) is 0 Å². The fourth-order valence-corrected chi connectivity index (χ4v) is 2.31. The molecule has 1 unspecified atom stereocenters. The molecule has 2 fully saturated rings. The summed E-state index contributed by atoms with van der Waals surface area (Å²) in [5.74, 6) is -0.0337. The number of fused-ring (bicyclic) bond motifs is 1. The van der Waals surface area contributed by atoms with Crippen LogP contribution in [-0.4, -0.2) is 48.5 Å². The zero-order valence-electron chi connectivity index (χ0n) is 8.31. The minimum atomic E-state index is -0.409. The van der Waals surface area contributed by atoms with Crippen molar-refractivity contribution >= 4 is 0 Å². The summed E-state index contributed by atoms with van der Waals surface area (Å²) >= 11 is 0. The Kier molecular flexibility index (Phi) is 3.04. The molecule has 0 aromatic heterocycles. The number of aliphatic hydroxyl groups is 2. The molecule has 5 nitrogen and oxygen atoms in total. The van der Waals surface area contributed by atoms with Gasteiger partial charge < -0.3 is 14.9 Å². The summed E-state index contributed by atoms with van der Waals surface area (Å²) in [7, 11) is 1.83. The molecule has 4 N–H and O–H groups in total. The minimum absolute atomic E-state index is 0.0337. The van der Waals surface area contributed by atoms with Crippen molar-refractivity contribution in [3.8, 4) is 0 Å². The number of hydrogen-bond donors (Lipinski definition) is 4. The second-order valence-electron chi connectivity index (χ2n) is 4.10. The average Bonchev–Trinajstić information content (AvgIpc) is 2.58. The van der Waals surface area contributed by atoms with Gasteiger partial charge in [-0.3, -0.25) is 10.6 Å². The molecule has 1 saturated heterocycles. The van der Waals surface area contributed by atoms with E-state index >= 15 is 0 Å². The first-order valence-electron chi connectivity index (χ1n) is 5.12. The lowest BCUT2D eigenvalue weighted by molar-refractivity contribution is -0.0426. The van der Waals surface area contributed by atoms with Gasteiger partial charge in [-0.2, -0.15) is 0 Å². The van der Waals surface area contributed by atoms with Crippen molar-refractivity contribution in [3.05, 3.63) is 0 Å². The predicted molar refractivity (Wildman–Crippen MR) is 50.5 cm³/mol. The number of rotatable bonds is 2. The first-order chi connectivity index (χ1) is 6.74. The Bertz CT molecular complexity index is 202. The molecule has 1 aliphatic heterocycles. The molecular weight excluding hydrogens is 184 g/mol. The van der Waals surface area contributed by atoms with Crippen LogP contribution in [0.5, 0.6) is 0 Å². The Hall–Kier alpha value is -0.200. The van der Waals surface area contributed by atoms with E-state index in [1.54, 1.807) is 0 Å². The molecule has 0 spiro atoms. The van der Waals surface area contributed by atoms with E-state index in [0.29, 0.717) is 6.42 Å². The van der Waals surface area contributed by atoms with Gasteiger partial charge in [0.2, 0.25) is 0 Å². The van der Waals surface area contributed by atoms with Crippen LogP contribution >= 0.6 is 0 Å². The van der Waals surface area contributed by atoms with Gasteiger partial charge in [-0.05, 0) is 19.9 Å². The summed E-state index contributed by atoms with van der Waals surface area (Å²) < 4.78 is 5.65. The number of aliphatic hydroxyl groups excluding tert-OH is 2.